The number of carbonyl (C=O) groups is 1. The van der Waals surface area contributed by atoms with Gasteiger partial charge < -0.3 is 10.3 Å². The largest absolute Gasteiger partial charge is 0.357 e. The molecular formula is C11H7BrF2N2O. The number of halogens is 3. The molecule has 0 saturated carbocycles. The molecule has 6 heteroatoms. The molecule has 1 aromatic carbocycles. The zero-order valence-corrected chi connectivity index (χ0v) is 10.0. The molecule has 1 amide bonds. The maximum Gasteiger partial charge on any atom is 0.272 e. The van der Waals surface area contributed by atoms with Crippen LogP contribution in [0.15, 0.2) is 34.9 Å². The van der Waals surface area contributed by atoms with Crippen LogP contribution in [0, 0.1) is 11.6 Å². The SMILES string of the molecule is O=C(Nc1cc(F)c(Br)cc1F)c1ccc[nH]1. The number of aromatic nitrogens is 1. The van der Waals surface area contributed by atoms with Gasteiger partial charge in [0.2, 0.25) is 0 Å². The number of carbonyl (C=O) groups excluding carboxylic acids is 1. The Kier molecular flexibility index (Phi) is 3.23. The molecule has 2 rings (SSSR count). The minimum atomic E-state index is -0.710. The molecule has 2 N–H and O–H groups in total. The van der Waals surface area contributed by atoms with Crippen LogP contribution in [0.1, 0.15) is 10.5 Å². The van der Waals surface area contributed by atoms with Crippen LogP contribution in [-0.2, 0) is 0 Å². The summed E-state index contributed by atoms with van der Waals surface area (Å²) in [6.45, 7) is 0. The second kappa shape index (κ2) is 4.67. The van der Waals surface area contributed by atoms with E-state index in [2.05, 4.69) is 26.2 Å². The zero-order chi connectivity index (χ0) is 12.4. The highest BCUT2D eigenvalue weighted by atomic mass is 79.9. The number of benzene rings is 1. The van der Waals surface area contributed by atoms with Gasteiger partial charge in [-0.25, -0.2) is 8.78 Å². The van der Waals surface area contributed by atoms with Gasteiger partial charge in [0.1, 0.15) is 17.3 Å². The fourth-order valence-electron chi connectivity index (χ4n) is 1.28. The van der Waals surface area contributed by atoms with Crippen molar-refractivity contribution >= 4 is 27.5 Å². The predicted octanol–water partition coefficient (Wildman–Crippen LogP) is 3.31. The molecule has 0 atom stereocenters. The standard InChI is InChI=1S/C11H7BrF2N2O/c12-6-4-8(14)10(5-7(6)13)16-11(17)9-2-1-3-15-9/h1-5,15H,(H,16,17). The topological polar surface area (TPSA) is 44.9 Å². The number of rotatable bonds is 2. The third-order valence-electron chi connectivity index (χ3n) is 2.10. The van der Waals surface area contributed by atoms with Crippen molar-refractivity contribution in [1.82, 2.24) is 4.98 Å². The van der Waals surface area contributed by atoms with Crippen molar-refractivity contribution in [2.75, 3.05) is 5.32 Å². The van der Waals surface area contributed by atoms with Gasteiger partial charge in [-0.1, -0.05) is 0 Å². The lowest BCUT2D eigenvalue weighted by Gasteiger charge is -2.06. The molecule has 0 aliphatic heterocycles. The molecule has 0 bridgehead atoms. The van der Waals surface area contributed by atoms with Crippen LogP contribution in [0.25, 0.3) is 0 Å². The number of H-pyrrole nitrogens is 1. The van der Waals surface area contributed by atoms with Crippen LogP contribution in [0.5, 0.6) is 0 Å². The van der Waals surface area contributed by atoms with Gasteiger partial charge in [-0.2, -0.15) is 0 Å². The molecule has 3 nitrogen and oxygen atoms in total. The Morgan fingerprint density at radius 3 is 2.71 bits per heavy atom. The molecule has 17 heavy (non-hydrogen) atoms. The monoisotopic (exact) mass is 300 g/mol. The van der Waals surface area contributed by atoms with E-state index in [9.17, 15) is 13.6 Å². The minimum Gasteiger partial charge on any atom is -0.357 e. The Bertz CT molecular complexity index is 555. The van der Waals surface area contributed by atoms with Crippen molar-refractivity contribution in [2.24, 2.45) is 0 Å². The van der Waals surface area contributed by atoms with Crippen LogP contribution < -0.4 is 5.32 Å². The molecule has 2 aromatic rings. The summed E-state index contributed by atoms with van der Waals surface area (Å²) >= 11 is 2.85. The van der Waals surface area contributed by atoms with E-state index < -0.39 is 17.5 Å². The van der Waals surface area contributed by atoms with Crippen LogP contribution in [0.4, 0.5) is 14.5 Å². The van der Waals surface area contributed by atoms with E-state index in [4.69, 9.17) is 0 Å². The van der Waals surface area contributed by atoms with Crippen LogP contribution in [0.3, 0.4) is 0 Å². The molecule has 0 saturated heterocycles. The van der Waals surface area contributed by atoms with Crippen molar-refractivity contribution in [3.63, 3.8) is 0 Å². The minimum absolute atomic E-state index is 0.00729. The summed E-state index contributed by atoms with van der Waals surface area (Å²) in [5.41, 5.74) is 0.0676. The van der Waals surface area contributed by atoms with Crippen LogP contribution >= 0.6 is 15.9 Å². The normalized spacial score (nSPS) is 10.3. The van der Waals surface area contributed by atoms with E-state index in [1.54, 1.807) is 12.3 Å². The van der Waals surface area contributed by atoms with E-state index in [0.29, 0.717) is 0 Å². The molecule has 0 radical (unpaired) electrons. The van der Waals surface area contributed by atoms with E-state index >= 15 is 0 Å². The third kappa shape index (κ3) is 2.52. The second-order valence-electron chi connectivity index (χ2n) is 3.28. The molecule has 0 spiro atoms. The lowest BCUT2D eigenvalue weighted by molar-refractivity contribution is 0.102. The number of hydrogen-bond acceptors (Lipinski definition) is 1. The summed E-state index contributed by atoms with van der Waals surface area (Å²) in [7, 11) is 0. The van der Waals surface area contributed by atoms with E-state index in [1.807, 2.05) is 0 Å². The highest BCUT2D eigenvalue weighted by Crippen LogP contribution is 2.23. The van der Waals surface area contributed by atoms with Crippen molar-refractivity contribution in [1.29, 1.82) is 0 Å². The fraction of sp³-hybridized carbons (Fsp3) is 0. The molecule has 1 heterocycles. The average Bonchev–Trinajstić information content (AvgIpc) is 2.79. The first-order valence-electron chi connectivity index (χ1n) is 4.67. The molecule has 0 fully saturated rings. The third-order valence-corrected chi connectivity index (χ3v) is 2.71. The highest BCUT2D eigenvalue weighted by molar-refractivity contribution is 9.10. The van der Waals surface area contributed by atoms with Gasteiger partial charge in [-0.3, -0.25) is 4.79 Å². The van der Waals surface area contributed by atoms with Gasteiger partial charge in [0.25, 0.3) is 5.91 Å². The number of hydrogen-bond donors (Lipinski definition) is 2. The number of amides is 1. The second-order valence-corrected chi connectivity index (χ2v) is 4.14. The number of aromatic amines is 1. The summed E-state index contributed by atoms with van der Waals surface area (Å²) in [5, 5.41) is 2.27. The lowest BCUT2D eigenvalue weighted by Crippen LogP contribution is -2.13. The Labute approximate surface area is 104 Å². The van der Waals surface area contributed by atoms with Gasteiger partial charge >= 0.3 is 0 Å². The summed E-state index contributed by atoms with van der Waals surface area (Å²) in [5.74, 6) is -1.89. The van der Waals surface area contributed by atoms with Crippen molar-refractivity contribution in [3.8, 4) is 0 Å². The first-order valence-corrected chi connectivity index (χ1v) is 5.46. The first kappa shape index (κ1) is 11.8. The zero-order valence-electron chi connectivity index (χ0n) is 8.43. The van der Waals surface area contributed by atoms with E-state index in [-0.39, 0.29) is 15.9 Å². The number of nitrogens with one attached hydrogen (secondary N) is 2. The maximum atomic E-state index is 13.4. The molecule has 0 aliphatic carbocycles. The molecule has 88 valence electrons. The highest BCUT2D eigenvalue weighted by Gasteiger charge is 2.12. The van der Waals surface area contributed by atoms with E-state index in [1.165, 1.54) is 6.07 Å². The lowest BCUT2D eigenvalue weighted by atomic mass is 10.3. The predicted molar refractivity (Wildman–Crippen MR) is 62.8 cm³/mol. The smallest absolute Gasteiger partial charge is 0.272 e. The maximum absolute atomic E-state index is 13.4. The van der Waals surface area contributed by atoms with E-state index in [0.717, 1.165) is 12.1 Å². The van der Waals surface area contributed by atoms with Gasteiger partial charge in [-0.05, 0) is 34.1 Å². The summed E-state index contributed by atoms with van der Waals surface area (Å²) in [6.07, 6.45) is 1.56. The molecule has 0 aliphatic rings. The molecule has 0 unspecified atom stereocenters. The average molecular weight is 301 g/mol. The van der Waals surface area contributed by atoms with Gasteiger partial charge in [0.05, 0.1) is 10.2 Å². The van der Waals surface area contributed by atoms with Crippen molar-refractivity contribution < 1.29 is 13.6 Å². The van der Waals surface area contributed by atoms with Crippen molar-refractivity contribution in [2.45, 2.75) is 0 Å². The van der Waals surface area contributed by atoms with Crippen molar-refractivity contribution in [3.05, 3.63) is 52.3 Å². The Morgan fingerprint density at radius 1 is 1.29 bits per heavy atom. The van der Waals surface area contributed by atoms with Gasteiger partial charge in [0, 0.05) is 12.3 Å². The summed E-state index contributed by atoms with van der Waals surface area (Å²) in [6, 6.07) is 5.04. The van der Waals surface area contributed by atoms with Crippen LogP contribution in [-0.4, -0.2) is 10.9 Å². The Hall–Kier alpha value is -1.69. The van der Waals surface area contributed by atoms with Gasteiger partial charge in [-0.15, -0.1) is 0 Å². The Balaban J connectivity index is 2.25. The number of anilines is 1. The Morgan fingerprint density at radius 2 is 2.06 bits per heavy atom. The summed E-state index contributed by atoms with van der Waals surface area (Å²) in [4.78, 5) is 14.2. The first-order chi connectivity index (χ1) is 8.08. The quantitative estimate of drug-likeness (QED) is 0.821. The fourth-order valence-corrected chi connectivity index (χ4v) is 1.60. The molecular weight excluding hydrogens is 294 g/mol. The van der Waals surface area contributed by atoms with Gasteiger partial charge in [0.15, 0.2) is 0 Å². The van der Waals surface area contributed by atoms with Crippen LogP contribution in [0.2, 0.25) is 0 Å². The summed E-state index contributed by atoms with van der Waals surface area (Å²) < 4.78 is 26.6. The molecule has 1 aromatic heterocycles.